The summed E-state index contributed by atoms with van der Waals surface area (Å²) in [6.07, 6.45) is 0. The predicted octanol–water partition coefficient (Wildman–Crippen LogP) is -1.59. The Morgan fingerprint density at radius 3 is 1.25 bits per heavy atom. The third-order valence-electron chi connectivity index (χ3n) is 0. The molecule has 0 saturated heterocycles. The Balaban J connectivity index is -0.00000000500. The first kappa shape index (κ1) is 16.5. The van der Waals surface area contributed by atoms with E-state index in [0.717, 1.165) is 0 Å². The van der Waals surface area contributed by atoms with E-state index >= 15 is 0 Å². The average Bonchev–Trinajstić information content (AvgIpc) is 1.00. The summed E-state index contributed by atoms with van der Waals surface area (Å²) < 4.78 is 8.33. The molecule has 0 aliphatic rings. The monoisotopic (exact) mass is 258 g/mol. The Labute approximate surface area is 78.3 Å². The average molecular weight is 258 g/mol. The van der Waals surface area contributed by atoms with Crippen molar-refractivity contribution in [3.63, 3.8) is 0 Å². The first-order valence-corrected chi connectivity index (χ1v) is 1.36. The Kier molecular flexibility index (Phi) is 80.7. The van der Waals surface area contributed by atoms with E-state index < -0.39 is 0 Å². The van der Waals surface area contributed by atoms with Crippen molar-refractivity contribution < 1.29 is 28.7 Å². The molecule has 2 nitrogen and oxygen atoms in total. The van der Waals surface area contributed by atoms with Gasteiger partial charge in [0.15, 0.2) is 0 Å². The van der Waals surface area contributed by atoms with E-state index in [2.05, 4.69) is 0 Å². The molecule has 0 radical (unpaired) electrons. The van der Waals surface area contributed by atoms with Crippen molar-refractivity contribution in [2.24, 2.45) is 0 Å². The normalized spacial score (nSPS) is 1.00. The molecule has 0 aromatic carbocycles. The third-order valence-corrected chi connectivity index (χ3v) is 0. The summed E-state index contributed by atoms with van der Waals surface area (Å²) in [6.45, 7) is 0. The van der Waals surface area contributed by atoms with E-state index in [0.29, 0.717) is 19.8 Å². The predicted molar refractivity (Wildman–Crippen MR) is 11.4 cm³/mol. The molecular formula is H3KO2W. The Hall–Kier alpha value is 2.08. The van der Waals surface area contributed by atoms with Gasteiger partial charge in [0.2, 0.25) is 0 Å². The first-order chi connectivity index (χ1) is 1.00. The molecule has 2 N–H and O–H groups in total. The molecule has 22 valence electrons. The second-order valence-electron chi connectivity index (χ2n) is 0. The molecule has 0 aliphatic carbocycles. The molecule has 0 fully saturated rings. The molecular weight excluding hydrogens is 255 g/mol. The zero-order valence-corrected chi connectivity index (χ0v) is 4.25. The first-order valence-electron chi connectivity index (χ1n) is 0.167. The summed E-state index contributed by atoms with van der Waals surface area (Å²) in [7, 11) is 0. The fourth-order valence-electron chi connectivity index (χ4n) is 0. The van der Waals surface area contributed by atoms with E-state index in [1.54, 1.807) is 0 Å². The molecule has 4 heavy (non-hydrogen) atoms. The molecule has 0 amide bonds. The van der Waals surface area contributed by atoms with Gasteiger partial charge in [0.05, 0.1) is 0 Å². The molecule has 0 unspecified atom stereocenters. The van der Waals surface area contributed by atoms with Crippen molar-refractivity contribution in [1.82, 2.24) is 0 Å². The second kappa shape index (κ2) is 19.5. The SMILES string of the molecule is O.[KH].[O]=[W]. The topological polar surface area (TPSA) is 48.6 Å². The summed E-state index contributed by atoms with van der Waals surface area (Å²) in [5.41, 5.74) is 0. The van der Waals surface area contributed by atoms with Gasteiger partial charge in [-0.15, -0.1) is 0 Å². The maximum absolute atomic E-state index is 8.33. The number of hydrogen-bond acceptors (Lipinski definition) is 1. The summed E-state index contributed by atoms with van der Waals surface area (Å²) in [6, 6.07) is 0. The van der Waals surface area contributed by atoms with Crippen LogP contribution in [0.3, 0.4) is 0 Å². The molecule has 0 spiro atoms. The van der Waals surface area contributed by atoms with Crippen LogP contribution in [0.2, 0.25) is 0 Å². The van der Waals surface area contributed by atoms with Gasteiger partial charge in [0.1, 0.15) is 0 Å². The standard InChI is InChI=1S/K.H2O.O.W.H/h;1H2;;;. The molecule has 0 rings (SSSR count). The van der Waals surface area contributed by atoms with Gasteiger partial charge in [-0.2, -0.15) is 0 Å². The summed E-state index contributed by atoms with van der Waals surface area (Å²) in [5, 5.41) is 0. The zero-order chi connectivity index (χ0) is 2.00. The van der Waals surface area contributed by atoms with Gasteiger partial charge in [-0.05, 0) is 0 Å². The fraction of sp³-hybridized carbons (Fsp3) is 0. The van der Waals surface area contributed by atoms with Gasteiger partial charge in [-0.25, -0.2) is 0 Å². The van der Waals surface area contributed by atoms with E-state index in [4.69, 9.17) is 3.40 Å². The van der Waals surface area contributed by atoms with Gasteiger partial charge in [0, 0.05) is 0 Å². The van der Waals surface area contributed by atoms with Crippen LogP contribution in [0.25, 0.3) is 0 Å². The quantitative estimate of drug-likeness (QED) is 0.483. The van der Waals surface area contributed by atoms with Gasteiger partial charge in [-0.1, -0.05) is 0 Å². The zero-order valence-electron chi connectivity index (χ0n) is 1.32. The van der Waals surface area contributed by atoms with Crippen LogP contribution in [0.5, 0.6) is 0 Å². The molecule has 4 heteroatoms. The van der Waals surface area contributed by atoms with Crippen molar-refractivity contribution in [1.29, 1.82) is 0 Å². The van der Waals surface area contributed by atoms with Crippen LogP contribution in [0, 0.1) is 0 Å². The van der Waals surface area contributed by atoms with Crippen LogP contribution in [-0.2, 0) is 23.2 Å². The maximum atomic E-state index is 8.33. The van der Waals surface area contributed by atoms with Crippen molar-refractivity contribution in [2.45, 2.75) is 0 Å². The Morgan fingerprint density at radius 1 is 1.25 bits per heavy atom. The van der Waals surface area contributed by atoms with Crippen LogP contribution < -0.4 is 0 Å². The van der Waals surface area contributed by atoms with Crippen molar-refractivity contribution in [3.05, 3.63) is 0 Å². The van der Waals surface area contributed by atoms with Gasteiger partial charge < -0.3 is 5.48 Å². The molecule has 0 saturated carbocycles. The van der Waals surface area contributed by atoms with Crippen LogP contribution >= 0.6 is 0 Å². The molecule has 0 aliphatic heterocycles. The summed E-state index contributed by atoms with van der Waals surface area (Å²) >= 11 is 0.333. The summed E-state index contributed by atoms with van der Waals surface area (Å²) in [4.78, 5) is 0. The summed E-state index contributed by atoms with van der Waals surface area (Å²) in [5.74, 6) is 0. The fourth-order valence-corrected chi connectivity index (χ4v) is 0. The number of hydrogen-bond donors (Lipinski definition) is 0. The van der Waals surface area contributed by atoms with E-state index in [9.17, 15) is 0 Å². The molecule has 0 bridgehead atoms. The molecule has 0 aromatic rings. The van der Waals surface area contributed by atoms with E-state index in [-0.39, 0.29) is 56.9 Å². The van der Waals surface area contributed by atoms with Crippen molar-refractivity contribution in [2.75, 3.05) is 0 Å². The Morgan fingerprint density at radius 2 is 1.25 bits per heavy atom. The Bertz CT molecular complexity index is 6.00. The molecule has 0 aromatic heterocycles. The van der Waals surface area contributed by atoms with E-state index in [1.165, 1.54) is 0 Å². The van der Waals surface area contributed by atoms with E-state index in [1.807, 2.05) is 0 Å². The van der Waals surface area contributed by atoms with Crippen molar-refractivity contribution >= 4 is 51.4 Å². The van der Waals surface area contributed by atoms with Crippen LogP contribution in [-0.4, -0.2) is 56.9 Å². The van der Waals surface area contributed by atoms with Gasteiger partial charge in [-0.3, -0.25) is 0 Å². The third kappa shape index (κ3) is 8.94. The van der Waals surface area contributed by atoms with Gasteiger partial charge >= 0.3 is 74.6 Å². The van der Waals surface area contributed by atoms with Crippen LogP contribution in [0.1, 0.15) is 0 Å². The van der Waals surface area contributed by atoms with Crippen LogP contribution in [0.4, 0.5) is 0 Å². The minimum atomic E-state index is 0. The second-order valence-corrected chi connectivity index (χ2v) is 0. The van der Waals surface area contributed by atoms with Gasteiger partial charge in [0.25, 0.3) is 0 Å². The minimum absolute atomic E-state index is 0. The molecule has 0 atom stereocenters. The van der Waals surface area contributed by atoms with Crippen molar-refractivity contribution in [3.8, 4) is 0 Å². The molecule has 0 heterocycles. The van der Waals surface area contributed by atoms with Crippen LogP contribution in [0.15, 0.2) is 0 Å². The number of rotatable bonds is 0.